The number of nitrogens with zero attached hydrogens (tertiary/aromatic N) is 2. The van der Waals surface area contributed by atoms with Crippen molar-refractivity contribution in [3.63, 3.8) is 0 Å². The molecule has 18 heavy (non-hydrogen) atoms. The van der Waals surface area contributed by atoms with Crippen molar-refractivity contribution >= 4 is 5.91 Å². The zero-order valence-corrected chi connectivity index (χ0v) is 11.8. The Balaban J connectivity index is 2.16. The van der Waals surface area contributed by atoms with Crippen molar-refractivity contribution in [2.75, 3.05) is 40.3 Å². The molecule has 104 valence electrons. The van der Waals surface area contributed by atoms with Gasteiger partial charge < -0.3 is 15.3 Å². The first-order valence-corrected chi connectivity index (χ1v) is 6.33. The van der Waals surface area contributed by atoms with Crippen LogP contribution in [-0.2, 0) is 4.79 Å². The summed E-state index contributed by atoms with van der Waals surface area (Å²) in [5.41, 5.74) is -0.666. The number of β-amino-alcohol motifs (C(OH)–C–C–N with tert-alkyl or cyclic N) is 1. The van der Waals surface area contributed by atoms with Gasteiger partial charge in [0.05, 0.1) is 11.6 Å². The van der Waals surface area contributed by atoms with Crippen molar-refractivity contribution < 1.29 is 9.90 Å². The van der Waals surface area contributed by atoms with E-state index in [9.17, 15) is 9.90 Å². The van der Waals surface area contributed by atoms with E-state index in [1.165, 1.54) is 0 Å². The van der Waals surface area contributed by atoms with E-state index in [1.807, 2.05) is 25.1 Å². The van der Waals surface area contributed by atoms with Gasteiger partial charge in [-0.15, -0.1) is 0 Å². The number of rotatable bonds is 6. The molecule has 0 unspecified atom stereocenters. The van der Waals surface area contributed by atoms with Gasteiger partial charge in [-0.1, -0.05) is 6.08 Å². The molecule has 1 aliphatic rings. The molecule has 0 bridgehead atoms. The Labute approximate surface area is 109 Å². The van der Waals surface area contributed by atoms with Crippen molar-refractivity contribution in [1.29, 1.82) is 0 Å². The molecule has 0 radical (unpaired) electrons. The molecule has 0 aromatic rings. The minimum absolute atomic E-state index is 0.0373. The molecule has 5 nitrogen and oxygen atoms in total. The molecule has 0 aliphatic carbocycles. The van der Waals surface area contributed by atoms with Gasteiger partial charge in [0.25, 0.3) is 0 Å². The molecule has 5 heteroatoms. The fraction of sp³-hybridized carbons (Fsp3) is 0.769. The Hall–Kier alpha value is -0.910. The average molecular weight is 255 g/mol. The number of nitrogens with one attached hydrogen (secondary N) is 1. The lowest BCUT2D eigenvalue weighted by Crippen LogP contribution is -2.61. The summed E-state index contributed by atoms with van der Waals surface area (Å²) in [7, 11) is 3.92. The van der Waals surface area contributed by atoms with E-state index in [1.54, 1.807) is 19.9 Å². The van der Waals surface area contributed by atoms with Gasteiger partial charge >= 0.3 is 0 Å². The van der Waals surface area contributed by atoms with E-state index < -0.39 is 5.60 Å². The lowest BCUT2D eigenvalue weighted by molar-refractivity contribution is -0.118. The van der Waals surface area contributed by atoms with Crippen molar-refractivity contribution in [2.45, 2.75) is 25.5 Å². The van der Waals surface area contributed by atoms with Crippen LogP contribution in [0.3, 0.4) is 0 Å². The van der Waals surface area contributed by atoms with E-state index in [0.29, 0.717) is 6.54 Å². The molecule has 0 atom stereocenters. The second-order valence-corrected chi connectivity index (χ2v) is 5.88. The quantitative estimate of drug-likeness (QED) is 0.639. The number of carbonyl (C=O) groups excluding carboxylic acids is 1. The predicted octanol–water partition coefficient (Wildman–Crippen LogP) is -0.324. The Morgan fingerprint density at radius 2 is 2.11 bits per heavy atom. The van der Waals surface area contributed by atoms with Crippen LogP contribution < -0.4 is 5.32 Å². The second kappa shape index (κ2) is 6.31. The van der Waals surface area contributed by atoms with Crippen LogP contribution in [0.5, 0.6) is 0 Å². The molecule has 1 fully saturated rings. The third-order valence-corrected chi connectivity index (χ3v) is 2.65. The summed E-state index contributed by atoms with van der Waals surface area (Å²) in [6, 6.07) is 0.212. The molecular weight excluding hydrogens is 230 g/mol. The van der Waals surface area contributed by atoms with Gasteiger partial charge in [0.1, 0.15) is 0 Å². The summed E-state index contributed by atoms with van der Waals surface area (Å²) in [6.45, 7) is 6.64. The highest BCUT2D eigenvalue weighted by molar-refractivity contribution is 5.87. The first kappa shape index (κ1) is 15.1. The number of carbonyl (C=O) groups is 1. The van der Waals surface area contributed by atoms with E-state index in [4.69, 9.17) is 0 Å². The van der Waals surface area contributed by atoms with Crippen LogP contribution in [0, 0.1) is 0 Å². The molecule has 1 amide bonds. The third kappa shape index (κ3) is 6.14. The summed E-state index contributed by atoms with van der Waals surface area (Å²) < 4.78 is 0. The number of likely N-dealkylation sites (tertiary alicyclic amines) is 1. The second-order valence-electron chi connectivity index (χ2n) is 5.88. The number of hydrogen-bond donors (Lipinski definition) is 2. The van der Waals surface area contributed by atoms with Gasteiger partial charge in [-0.25, -0.2) is 0 Å². The molecule has 1 rings (SSSR count). The normalized spacial score (nSPS) is 18.3. The first-order valence-electron chi connectivity index (χ1n) is 6.33. The van der Waals surface area contributed by atoms with Gasteiger partial charge in [-0.2, -0.15) is 0 Å². The summed E-state index contributed by atoms with van der Waals surface area (Å²) in [4.78, 5) is 15.7. The van der Waals surface area contributed by atoms with Crippen LogP contribution in [0.25, 0.3) is 0 Å². The number of hydrogen-bond acceptors (Lipinski definition) is 4. The molecule has 0 aromatic heterocycles. The lowest BCUT2D eigenvalue weighted by Gasteiger charge is -2.42. The maximum atomic E-state index is 11.5. The largest absolute Gasteiger partial charge is 0.389 e. The summed E-state index contributed by atoms with van der Waals surface area (Å²) in [6.07, 6.45) is 3.43. The SMILES string of the molecule is CN(C)C/C=C/C(=O)NC1CN(CC(C)(C)O)C1. The molecule has 0 saturated carbocycles. The fourth-order valence-corrected chi connectivity index (χ4v) is 1.96. The highest BCUT2D eigenvalue weighted by Gasteiger charge is 2.30. The van der Waals surface area contributed by atoms with Gasteiger partial charge in [0.15, 0.2) is 0 Å². The summed E-state index contributed by atoms with van der Waals surface area (Å²) >= 11 is 0. The van der Waals surface area contributed by atoms with E-state index in [-0.39, 0.29) is 11.9 Å². The van der Waals surface area contributed by atoms with Gasteiger partial charge in [0, 0.05) is 32.3 Å². The van der Waals surface area contributed by atoms with Gasteiger partial charge in [-0.3, -0.25) is 9.69 Å². The number of aliphatic hydroxyl groups is 1. The Morgan fingerprint density at radius 1 is 1.50 bits per heavy atom. The van der Waals surface area contributed by atoms with Crippen LogP contribution >= 0.6 is 0 Å². The fourth-order valence-electron chi connectivity index (χ4n) is 1.96. The maximum absolute atomic E-state index is 11.5. The average Bonchev–Trinajstić information content (AvgIpc) is 2.11. The number of likely N-dealkylation sites (N-methyl/N-ethyl adjacent to an activating group) is 1. The van der Waals surface area contributed by atoms with Crippen LogP contribution in [0.1, 0.15) is 13.8 Å². The smallest absolute Gasteiger partial charge is 0.244 e. The molecule has 0 aromatic carbocycles. The molecule has 1 heterocycles. The summed E-state index contributed by atoms with van der Waals surface area (Å²) in [5, 5.41) is 12.6. The molecule has 0 spiro atoms. The first-order chi connectivity index (χ1) is 8.26. The minimum Gasteiger partial charge on any atom is -0.389 e. The van der Waals surface area contributed by atoms with E-state index in [0.717, 1.165) is 19.6 Å². The predicted molar refractivity (Wildman–Crippen MR) is 72.4 cm³/mol. The number of amides is 1. The highest BCUT2D eigenvalue weighted by atomic mass is 16.3. The molecular formula is C13H25N3O2. The van der Waals surface area contributed by atoms with Crippen molar-refractivity contribution in [2.24, 2.45) is 0 Å². The van der Waals surface area contributed by atoms with Crippen molar-refractivity contribution in [1.82, 2.24) is 15.1 Å². The zero-order valence-electron chi connectivity index (χ0n) is 11.8. The topological polar surface area (TPSA) is 55.8 Å². The van der Waals surface area contributed by atoms with Crippen LogP contribution in [-0.4, -0.2) is 72.7 Å². The lowest BCUT2D eigenvalue weighted by atomic mass is 10.0. The van der Waals surface area contributed by atoms with Crippen molar-refractivity contribution in [3.05, 3.63) is 12.2 Å². The molecule has 1 saturated heterocycles. The zero-order chi connectivity index (χ0) is 13.8. The molecule has 2 N–H and O–H groups in total. The Morgan fingerprint density at radius 3 is 2.61 bits per heavy atom. The minimum atomic E-state index is -0.666. The van der Waals surface area contributed by atoms with Crippen LogP contribution in [0.4, 0.5) is 0 Å². The third-order valence-electron chi connectivity index (χ3n) is 2.65. The van der Waals surface area contributed by atoms with Crippen molar-refractivity contribution in [3.8, 4) is 0 Å². The monoisotopic (exact) mass is 255 g/mol. The Bertz CT molecular complexity index is 302. The van der Waals surface area contributed by atoms with Gasteiger partial charge in [-0.05, 0) is 27.9 Å². The Kier molecular flexibility index (Phi) is 5.31. The summed E-state index contributed by atoms with van der Waals surface area (Å²) in [5.74, 6) is -0.0373. The molecule has 1 aliphatic heterocycles. The van der Waals surface area contributed by atoms with E-state index >= 15 is 0 Å². The highest BCUT2D eigenvalue weighted by Crippen LogP contribution is 2.12. The van der Waals surface area contributed by atoms with Gasteiger partial charge in [0.2, 0.25) is 5.91 Å². The van der Waals surface area contributed by atoms with E-state index in [2.05, 4.69) is 10.2 Å². The van der Waals surface area contributed by atoms with Crippen LogP contribution in [0.15, 0.2) is 12.2 Å². The maximum Gasteiger partial charge on any atom is 0.244 e. The standard InChI is InChI=1S/C13H25N3O2/c1-13(2,18)10-16-8-11(9-16)14-12(17)6-5-7-15(3)4/h5-6,11,18H,7-10H2,1-4H3,(H,14,17)/b6-5+. The van der Waals surface area contributed by atoms with Crippen LogP contribution in [0.2, 0.25) is 0 Å².